The van der Waals surface area contributed by atoms with E-state index in [2.05, 4.69) is 51.2 Å². The minimum absolute atomic E-state index is 0.106. The molecule has 7 heteroatoms. The molecule has 0 fully saturated rings. The van der Waals surface area contributed by atoms with E-state index in [9.17, 15) is 4.79 Å². The average Bonchev–Trinajstić information content (AvgIpc) is 3.29. The second kappa shape index (κ2) is 10.9. The van der Waals surface area contributed by atoms with Crippen LogP contribution in [0.25, 0.3) is 22.5 Å². The highest BCUT2D eigenvalue weighted by molar-refractivity contribution is 5.80. The Kier molecular flexibility index (Phi) is 7.44. The molecule has 1 aromatic heterocycles. The Morgan fingerprint density at radius 3 is 2.24 bits per heavy atom. The number of aryl methyl sites for hydroxylation is 1. The van der Waals surface area contributed by atoms with Gasteiger partial charge in [0.2, 0.25) is 0 Å². The van der Waals surface area contributed by atoms with E-state index in [1.807, 2.05) is 69.4 Å². The monoisotopic (exact) mass is 455 g/mol. The molecule has 0 aliphatic heterocycles. The van der Waals surface area contributed by atoms with Crippen LogP contribution >= 0.6 is 0 Å². The van der Waals surface area contributed by atoms with Gasteiger partial charge in [-0.15, -0.1) is 5.10 Å². The highest BCUT2D eigenvalue weighted by atomic mass is 16.5. The number of nitrogens with zero attached hydrogens (tertiary/aromatic N) is 4. The molecular weight excluding hydrogens is 426 g/mol. The summed E-state index contributed by atoms with van der Waals surface area (Å²) in [5, 5.41) is 15.2. The van der Waals surface area contributed by atoms with Crippen molar-refractivity contribution in [3.63, 3.8) is 0 Å². The van der Waals surface area contributed by atoms with Gasteiger partial charge in [-0.25, -0.2) is 4.68 Å². The fourth-order valence-electron chi connectivity index (χ4n) is 3.83. The summed E-state index contributed by atoms with van der Waals surface area (Å²) < 4.78 is 7.22. The number of carbonyl (C=O) groups excluding carboxylic acids is 1. The summed E-state index contributed by atoms with van der Waals surface area (Å²) in [7, 11) is 1.83. The first-order valence-corrected chi connectivity index (χ1v) is 11.4. The Morgan fingerprint density at radius 1 is 0.912 bits per heavy atom. The van der Waals surface area contributed by atoms with E-state index in [0.717, 1.165) is 33.6 Å². The predicted molar refractivity (Wildman–Crippen MR) is 131 cm³/mol. The van der Waals surface area contributed by atoms with Crippen LogP contribution in [0.15, 0.2) is 78.9 Å². The molecule has 0 saturated heterocycles. The quantitative estimate of drug-likeness (QED) is 0.377. The van der Waals surface area contributed by atoms with E-state index in [1.54, 1.807) is 4.68 Å². The smallest absolute Gasteiger partial charge is 0.323 e. The van der Waals surface area contributed by atoms with Crippen LogP contribution in [0.4, 0.5) is 0 Å². The van der Waals surface area contributed by atoms with E-state index < -0.39 is 0 Å². The van der Waals surface area contributed by atoms with Gasteiger partial charge in [0.25, 0.3) is 0 Å². The van der Waals surface area contributed by atoms with Crippen molar-refractivity contribution in [3.8, 4) is 22.5 Å². The number of nitrogens with one attached hydrogen (secondary N) is 1. The van der Waals surface area contributed by atoms with Crippen LogP contribution < -0.4 is 5.32 Å². The molecule has 0 unspecified atom stereocenters. The molecule has 0 saturated carbocycles. The first-order valence-electron chi connectivity index (χ1n) is 11.4. The fraction of sp³-hybridized carbons (Fsp3) is 0.259. The van der Waals surface area contributed by atoms with Crippen LogP contribution in [-0.2, 0) is 29.7 Å². The van der Waals surface area contributed by atoms with Crippen molar-refractivity contribution < 1.29 is 9.53 Å². The number of hydrogen-bond donors (Lipinski definition) is 1. The van der Waals surface area contributed by atoms with Crippen molar-refractivity contribution >= 4 is 5.97 Å². The molecule has 1 atom stereocenters. The van der Waals surface area contributed by atoms with Crippen molar-refractivity contribution in [2.75, 3.05) is 0 Å². The predicted octanol–water partition coefficient (Wildman–Crippen LogP) is 4.40. The van der Waals surface area contributed by atoms with Gasteiger partial charge in [0, 0.05) is 19.2 Å². The van der Waals surface area contributed by atoms with Crippen molar-refractivity contribution in [2.45, 2.75) is 33.0 Å². The van der Waals surface area contributed by atoms with E-state index in [-0.39, 0.29) is 24.5 Å². The van der Waals surface area contributed by atoms with Crippen molar-refractivity contribution in [2.24, 2.45) is 13.0 Å². The molecule has 34 heavy (non-hydrogen) atoms. The van der Waals surface area contributed by atoms with Gasteiger partial charge in [-0.05, 0) is 38.6 Å². The Morgan fingerprint density at radius 2 is 1.59 bits per heavy atom. The first-order chi connectivity index (χ1) is 16.5. The summed E-state index contributed by atoms with van der Waals surface area (Å²) in [5.41, 5.74) is 5.17. The molecule has 0 bridgehead atoms. The minimum Gasteiger partial charge on any atom is -0.460 e. The van der Waals surface area contributed by atoms with Crippen molar-refractivity contribution in [1.29, 1.82) is 0 Å². The van der Waals surface area contributed by atoms with Gasteiger partial charge < -0.3 is 10.1 Å². The summed E-state index contributed by atoms with van der Waals surface area (Å²) in [6.45, 7) is 4.88. The third-order valence-corrected chi connectivity index (χ3v) is 5.72. The Labute approximate surface area is 199 Å². The lowest BCUT2D eigenvalue weighted by Crippen LogP contribution is -2.41. The normalized spacial score (nSPS) is 12.0. The van der Waals surface area contributed by atoms with Crippen LogP contribution in [0.1, 0.15) is 25.0 Å². The maximum Gasteiger partial charge on any atom is 0.323 e. The molecule has 7 nitrogen and oxygen atoms in total. The largest absolute Gasteiger partial charge is 0.460 e. The van der Waals surface area contributed by atoms with Crippen LogP contribution in [0.2, 0.25) is 0 Å². The zero-order valence-corrected chi connectivity index (χ0v) is 19.7. The molecule has 4 rings (SSSR count). The van der Waals surface area contributed by atoms with E-state index in [0.29, 0.717) is 6.54 Å². The highest BCUT2D eigenvalue weighted by Crippen LogP contribution is 2.30. The lowest BCUT2D eigenvalue weighted by molar-refractivity contribution is -0.148. The Hall–Kier alpha value is -3.84. The molecule has 174 valence electrons. The van der Waals surface area contributed by atoms with Gasteiger partial charge in [0.15, 0.2) is 5.82 Å². The zero-order valence-electron chi connectivity index (χ0n) is 19.7. The molecular formula is C27H29N5O2. The fourth-order valence-corrected chi connectivity index (χ4v) is 3.83. The lowest BCUT2D eigenvalue weighted by Gasteiger charge is -2.21. The number of esters is 1. The van der Waals surface area contributed by atoms with E-state index in [1.165, 1.54) is 0 Å². The molecule has 0 amide bonds. The third-order valence-electron chi connectivity index (χ3n) is 5.72. The summed E-state index contributed by atoms with van der Waals surface area (Å²) in [5.74, 6) is 0.589. The van der Waals surface area contributed by atoms with Gasteiger partial charge in [-0.3, -0.25) is 4.79 Å². The Bertz CT molecular complexity index is 1220. The number of benzene rings is 3. The second-order valence-corrected chi connectivity index (χ2v) is 8.56. The van der Waals surface area contributed by atoms with Crippen LogP contribution in [0.3, 0.4) is 0 Å². The lowest BCUT2D eigenvalue weighted by atomic mass is 9.98. The van der Waals surface area contributed by atoms with Crippen LogP contribution in [0, 0.1) is 5.92 Å². The van der Waals surface area contributed by atoms with Crippen molar-refractivity contribution in [3.05, 3.63) is 90.0 Å². The minimum atomic E-state index is -0.382. The third kappa shape index (κ3) is 5.55. The van der Waals surface area contributed by atoms with Crippen LogP contribution in [-0.4, -0.2) is 32.2 Å². The Balaban J connectivity index is 1.41. The van der Waals surface area contributed by atoms with Crippen LogP contribution in [0.5, 0.6) is 0 Å². The molecule has 1 heterocycles. The number of tetrazole rings is 1. The van der Waals surface area contributed by atoms with Gasteiger partial charge in [0.05, 0.1) is 0 Å². The molecule has 1 N–H and O–H groups in total. The molecule has 0 aliphatic carbocycles. The van der Waals surface area contributed by atoms with E-state index >= 15 is 0 Å². The molecule has 4 aromatic rings. The van der Waals surface area contributed by atoms with Gasteiger partial charge in [0.1, 0.15) is 12.6 Å². The summed E-state index contributed by atoms with van der Waals surface area (Å²) in [4.78, 5) is 12.7. The number of aromatic nitrogens is 4. The average molecular weight is 456 g/mol. The summed E-state index contributed by atoms with van der Waals surface area (Å²) in [6.07, 6.45) is 0. The molecule has 3 aromatic carbocycles. The topological polar surface area (TPSA) is 81.9 Å². The molecule has 0 aliphatic rings. The zero-order chi connectivity index (χ0) is 23.9. The molecule has 0 spiro atoms. The van der Waals surface area contributed by atoms with Gasteiger partial charge in [-0.1, -0.05) is 92.7 Å². The number of hydrogen-bond acceptors (Lipinski definition) is 6. The second-order valence-electron chi connectivity index (χ2n) is 8.56. The number of rotatable bonds is 9. The standard InChI is InChI=1S/C27H29N5O2/c1-19(2)25(27(33)34-18-21-9-5-4-6-10-21)28-17-20-13-15-22(16-14-20)23-11-7-8-12-24(23)26-29-30-31-32(26)3/h4-16,19,25,28H,17-18H2,1-3H3/t25-/m0/s1. The molecule has 0 radical (unpaired) electrons. The maximum atomic E-state index is 12.7. The number of carbonyl (C=O) groups is 1. The van der Waals surface area contributed by atoms with Gasteiger partial charge in [-0.2, -0.15) is 0 Å². The highest BCUT2D eigenvalue weighted by Gasteiger charge is 2.23. The van der Waals surface area contributed by atoms with E-state index in [4.69, 9.17) is 4.74 Å². The van der Waals surface area contributed by atoms with Gasteiger partial charge >= 0.3 is 5.97 Å². The SMILES string of the molecule is CC(C)[C@H](NCc1ccc(-c2ccccc2-c2nnnn2C)cc1)C(=O)OCc1ccccc1. The maximum absolute atomic E-state index is 12.7. The number of ether oxygens (including phenoxy) is 1. The van der Waals surface area contributed by atoms with Crippen molar-refractivity contribution in [1.82, 2.24) is 25.5 Å². The first kappa shape index (κ1) is 23.3. The summed E-state index contributed by atoms with van der Waals surface area (Å²) >= 11 is 0. The summed E-state index contributed by atoms with van der Waals surface area (Å²) in [6, 6.07) is 25.7.